The highest BCUT2D eigenvalue weighted by atomic mass is 16.5. The number of carbonyl (C=O) groups is 1. The highest BCUT2D eigenvalue weighted by Crippen LogP contribution is 2.19. The highest BCUT2D eigenvalue weighted by Gasteiger charge is 2.08. The van der Waals surface area contributed by atoms with Crippen LogP contribution < -0.4 is 5.73 Å². The van der Waals surface area contributed by atoms with Crippen LogP contribution in [0, 0.1) is 0 Å². The van der Waals surface area contributed by atoms with Crippen LogP contribution in [0.5, 0.6) is 0 Å². The van der Waals surface area contributed by atoms with Crippen LogP contribution in [0.4, 0.5) is 0 Å². The Morgan fingerprint density at radius 3 is 2.25 bits per heavy atom. The molecule has 0 aliphatic rings. The molecule has 104 valence electrons. The van der Waals surface area contributed by atoms with Gasteiger partial charge in [0.1, 0.15) is 6.10 Å². The van der Waals surface area contributed by atoms with Gasteiger partial charge in [-0.2, -0.15) is 0 Å². The van der Waals surface area contributed by atoms with Crippen LogP contribution in [0.2, 0.25) is 0 Å². The van der Waals surface area contributed by atoms with E-state index >= 15 is 0 Å². The molecule has 0 heterocycles. The van der Waals surface area contributed by atoms with E-state index in [1.54, 1.807) is 0 Å². The third-order valence-electron chi connectivity index (χ3n) is 3.08. The average Bonchev–Trinajstić information content (AvgIpc) is 2.48. The van der Waals surface area contributed by atoms with E-state index in [0.717, 1.165) is 5.56 Å². The zero-order chi connectivity index (χ0) is 14.4. The predicted molar refractivity (Wildman–Crippen MR) is 80.2 cm³/mol. The Balaban J connectivity index is 2.00. The first kappa shape index (κ1) is 14.3. The summed E-state index contributed by atoms with van der Waals surface area (Å²) in [4.78, 5) is 11.1. The van der Waals surface area contributed by atoms with Crippen molar-refractivity contribution in [3.8, 4) is 11.1 Å². The van der Waals surface area contributed by atoms with Gasteiger partial charge in [-0.05, 0) is 23.6 Å². The molecule has 1 unspecified atom stereocenters. The van der Waals surface area contributed by atoms with Crippen LogP contribution >= 0.6 is 0 Å². The van der Waals surface area contributed by atoms with Gasteiger partial charge in [0.25, 0.3) is 0 Å². The van der Waals surface area contributed by atoms with Gasteiger partial charge >= 0.3 is 5.97 Å². The van der Waals surface area contributed by atoms with Gasteiger partial charge < -0.3 is 10.5 Å². The van der Waals surface area contributed by atoms with Crippen LogP contribution in [-0.2, 0) is 16.0 Å². The SMILES string of the molecule is CC(Cc1ccc(-c2ccccc2)cc1)OC(=O)CN. The monoisotopic (exact) mass is 269 g/mol. The Morgan fingerprint density at radius 2 is 1.65 bits per heavy atom. The fraction of sp³-hybridized carbons (Fsp3) is 0.235. The van der Waals surface area contributed by atoms with Crippen LogP contribution in [0.3, 0.4) is 0 Å². The molecule has 0 saturated carbocycles. The Morgan fingerprint density at radius 1 is 1.05 bits per heavy atom. The minimum absolute atomic E-state index is 0.0721. The van der Waals surface area contributed by atoms with E-state index in [2.05, 4.69) is 36.4 Å². The molecule has 3 heteroatoms. The highest BCUT2D eigenvalue weighted by molar-refractivity contribution is 5.71. The summed E-state index contributed by atoms with van der Waals surface area (Å²) in [6.07, 6.45) is 0.537. The van der Waals surface area contributed by atoms with E-state index in [0.29, 0.717) is 6.42 Å². The van der Waals surface area contributed by atoms with E-state index in [1.165, 1.54) is 11.1 Å². The molecule has 0 radical (unpaired) electrons. The largest absolute Gasteiger partial charge is 0.461 e. The van der Waals surface area contributed by atoms with Gasteiger partial charge in [-0.25, -0.2) is 0 Å². The minimum Gasteiger partial charge on any atom is -0.461 e. The van der Waals surface area contributed by atoms with E-state index in [-0.39, 0.29) is 18.6 Å². The maximum Gasteiger partial charge on any atom is 0.319 e. The van der Waals surface area contributed by atoms with Crippen molar-refractivity contribution in [3.63, 3.8) is 0 Å². The van der Waals surface area contributed by atoms with E-state index < -0.39 is 0 Å². The fourth-order valence-electron chi connectivity index (χ4n) is 2.11. The van der Waals surface area contributed by atoms with Crippen LogP contribution in [-0.4, -0.2) is 18.6 Å². The lowest BCUT2D eigenvalue weighted by Gasteiger charge is -2.13. The van der Waals surface area contributed by atoms with Gasteiger partial charge in [0, 0.05) is 6.42 Å². The van der Waals surface area contributed by atoms with Gasteiger partial charge in [-0.3, -0.25) is 4.79 Å². The second-order valence-corrected chi connectivity index (χ2v) is 4.77. The number of benzene rings is 2. The topological polar surface area (TPSA) is 52.3 Å². The van der Waals surface area contributed by atoms with E-state index in [9.17, 15) is 4.79 Å². The first-order valence-electron chi connectivity index (χ1n) is 6.73. The molecule has 0 aliphatic carbocycles. The van der Waals surface area contributed by atoms with Crippen LogP contribution in [0.15, 0.2) is 54.6 Å². The van der Waals surface area contributed by atoms with Crippen molar-refractivity contribution in [1.29, 1.82) is 0 Å². The number of rotatable bonds is 5. The maximum atomic E-state index is 11.1. The normalized spacial score (nSPS) is 11.9. The van der Waals surface area contributed by atoms with Crippen LogP contribution in [0.25, 0.3) is 11.1 Å². The summed E-state index contributed by atoms with van der Waals surface area (Å²) in [5.74, 6) is -0.363. The third-order valence-corrected chi connectivity index (χ3v) is 3.08. The molecule has 2 aromatic rings. The Bertz CT molecular complexity index is 549. The summed E-state index contributed by atoms with van der Waals surface area (Å²) in [5.41, 5.74) is 8.74. The first-order valence-corrected chi connectivity index (χ1v) is 6.73. The Hall–Kier alpha value is -2.13. The summed E-state index contributed by atoms with van der Waals surface area (Å²) >= 11 is 0. The van der Waals surface area contributed by atoms with Crippen molar-refractivity contribution in [3.05, 3.63) is 60.2 Å². The van der Waals surface area contributed by atoms with Gasteiger partial charge in [0.2, 0.25) is 0 Å². The number of esters is 1. The molecule has 2 aromatic carbocycles. The summed E-state index contributed by atoms with van der Waals surface area (Å²) < 4.78 is 5.15. The summed E-state index contributed by atoms with van der Waals surface area (Å²) in [7, 11) is 0. The summed E-state index contributed by atoms with van der Waals surface area (Å²) in [6.45, 7) is 1.80. The first-order chi connectivity index (χ1) is 9.69. The van der Waals surface area contributed by atoms with Crippen molar-refractivity contribution in [2.45, 2.75) is 19.4 Å². The summed E-state index contributed by atoms with van der Waals surface area (Å²) in [6, 6.07) is 18.5. The van der Waals surface area contributed by atoms with Gasteiger partial charge in [0.05, 0.1) is 6.54 Å². The number of nitrogens with two attached hydrogens (primary N) is 1. The molecule has 0 aromatic heterocycles. The number of ether oxygens (including phenoxy) is 1. The van der Waals surface area contributed by atoms with Gasteiger partial charge in [-0.15, -0.1) is 0 Å². The fourth-order valence-corrected chi connectivity index (χ4v) is 2.11. The lowest BCUT2D eigenvalue weighted by atomic mass is 10.0. The van der Waals surface area contributed by atoms with Crippen molar-refractivity contribution >= 4 is 5.97 Å². The lowest BCUT2D eigenvalue weighted by Crippen LogP contribution is -2.23. The molecule has 0 saturated heterocycles. The van der Waals surface area contributed by atoms with Gasteiger partial charge in [0.15, 0.2) is 0 Å². The minimum atomic E-state index is -0.363. The predicted octanol–water partition coefficient (Wildman–Crippen LogP) is 2.79. The van der Waals surface area contributed by atoms with E-state index in [1.807, 2.05) is 25.1 Å². The number of hydrogen-bond donors (Lipinski definition) is 1. The molecule has 20 heavy (non-hydrogen) atoms. The molecular formula is C17H19NO2. The number of carbonyl (C=O) groups excluding carboxylic acids is 1. The molecule has 2 rings (SSSR count). The molecule has 0 aliphatic heterocycles. The smallest absolute Gasteiger partial charge is 0.319 e. The molecular weight excluding hydrogens is 250 g/mol. The molecule has 3 nitrogen and oxygen atoms in total. The lowest BCUT2D eigenvalue weighted by molar-refractivity contribution is -0.146. The van der Waals surface area contributed by atoms with Gasteiger partial charge in [-0.1, -0.05) is 54.6 Å². The van der Waals surface area contributed by atoms with E-state index in [4.69, 9.17) is 10.5 Å². The third kappa shape index (κ3) is 3.93. The van der Waals surface area contributed by atoms with Crippen molar-refractivity contribution in [2.75, 3.05) is 6.54 Å². The molecule has 1 atom stereocenters. The number of hydrogen-bond acceptors (Lipinski definition) is 3. The maximum absolute atomic E-state index is 11.1. The van der Waals surface area contributed by atoms with Crippen molar-refractivity contribution < 1.29 is 9.53 Å². The van der Waals surface area contributed by atoms with Crippen molar-refractivity contribution in [2.24, 2.45) is 5.73 Å². The molecule has 2 N–H and O–H groups in total. The molecule has 0 spiro atoms. The standard InChI is InChI=1S/C17H19NO2/c1-13(20-17(19)12-18)11-14-7-9-16(10-8-14)15-5-3-2-4-6-15/h2-10,13H,11-12,18H2,1H3. The molecule has 0 fully saturated rings. The quantitative estimate of drug-likeness (QED) is 0.849. The van der Waals surface area contributed by atoms with Crippen molar-refractivity contribution in [1.82, 2.24) is 0 Å². The zero-order valence-corrected chi connectivity index (χ0v) is 11.6. The zero-order valence-electron chi connectivity index (χ0n) is 11.6. The average molecular weight is 269 g/mol. The second kappa shape index (κ2) is 6.87. The Labute approximate surface area is 119 Å². The second-order valence-electron chi connectivity index (χ2n) is 4.77. The Kier molecular flexibility index (Phi) is 4.91. The molecule has 0 bridgehead atoms. The summed E-state index contributed by atoms with van der Waals surface area (Å²) in [5, 5.41) is 0. The molecule has 0 amide bonds. The van der Waals surface area contributed by atoms with Crippen LogP contribution in [0.1, 0.15) is 12.5 Å².